The Kier molecular flexibility index (Phi) is 3.69. The van der Waals surface area contributed by atoms with E-state index in [0.717, 1.165) is 18.0 Å². The van der Waals surface area contributed by atoms with Crippen molar-refractivity contribution in [3.63, 3.8) is 0 Å². The fourth-order valence-corrected chi connectivity index (χ4v) is 2.24. The van der Waals surface area contributed by atoms with Gasteiger partial charge in [-0.25, -0.2) is 4.79 Å². The Labute approximate surface area is 107 Å². The molecule has 5 nitrogen and oxygen atoms in total. The number of piperidine rings is 1. The molecule has 3 amide bonds. The summed E-state index contributed by atoms with van der Waals surface area (Å²) in [6, 6.07) is -0.280. The van der Waals surface area contributed by atoms with Crippen molar-refractivity contribution in [3.05, 3.63) is 24.0 Å². The molecule has 2 rings (SSSR count). The van der Waals surface area contributed by atoms with E-state index in [-0.39, 0.29) is 11.9 Å². The highest BCUT2D eigenvalue weighted by atomic mass is 16.2. The van der Waals surface area contributed by atoms with Gasteiger partial charge in [0.15, 0.2) is 0 Å². The second-order valence-corrected chi connectivity index (χ2v) is 4.70. The number of rotatable bonds is 2. The summed E-state index contributed by atoms with van der Waals surface area (Å²) in [6.07, 6.45) is 9.30. The SMILES string of the molecule is CN1C(=O)/C(=C\C=C\N2CCCCC2)N(C)C1=O. The smallest absolute Gasteiger partial charge is 0.331 e. The first kappa shape index (κ1) is 12.7. The van der Waals surface area contributed by atoms with Crippen molar-refractivity contribution in [2.45, 2.75) is 19.3 Å². The summed E-state index contributed by atoms with van der Waals surface area (Å²) < 4.78 is 0. The van der Waals surface area contributed by atoms with Crippen LogP contribution in [0.1, 0.15) is 19.3 Å². The van der Waals surface area contributed by atoms with E-state index in [9.17, 15) is 9.59 Å². The molecule has 2 aliphatic heterocycles. The van der Waals surface area contributed by atoms with E-state index >= 15 is 0 Å². The fraction of sp³-hybridized carbons (Fsp3) is 0.538. The molecule has 2 aliphatic rings. The number of urea groups is 1. The number of carbonyl (C=O) groups is 2. The molecular formula is C13H19N3O2. The molecule has 0 aromatic rings. The zero-order chi connectivity index (χ0) is 13.1. The summed E-state index contributed by atoms with van der Waals surface area (Å²) in [5.41, 5.74) is 0.427. The molecule has 0 spiro atoms. The van der Waals surface area contributed by atoms with Crippen LogP contribution in [0.2, 0.25) is 0 Å². The first-order chi connectivity index (χ1) is 8.61. The number of imide groups is 1. The Hall–Kier alpha value is -1.78. The molecule has 0 aromatic heterocycles. The molecule has 2 saturated heterocycles. The molecule has 0 unspecified atom stereocenters. The van der Waals surface area contributed by atoms with Gasteiger partial charge >= 0.3 is 6.03 Å². The number of carbonyl (C=O) groups excluding carboxylic acids is 2. The van der Waals surface area contributed by atoms with Crippen LogP contribution in [0.5, 0.6) is 0 Å². The minimum Gasteiger partial charge on any atom is -0.377 e. The Morgan fingerprint density at radius 2 is 1.67 bits per heavy atom. The Morgan fingerprint density at radius 1 is 1.00 bits per heavy atom. The van der Waals surface area contributed by atoms with Crippen LogP contribution >= 0.6 is 0 Å². The Balaban J connectivity index is 2.02. The highest BCUT2D eigenvalue weighted by molar-refractivity contribution is 6.11. The van der Waals surface area contributed by atoms with Crippen LogP contribution in [0.25, 0.3) is 0 Å². The maximum absolute atomic E-state index is 11.8. The second-order valence-electron chi connectivity index (χ2n) is 4.70. The topological polar surface area (TPSA) is 43.9 Å². The number of hydrogen-bond acceptors (Lipinski definition) is 3. The number of nitrogens with zero attached hydrogens (tertiary/aromatic N) is 3. The summed E-state index contributed by atoms with van der Waals surface area (Å²) >= 11 is 0. The van der Waals surface area contributed by atoms with E-state index < -0.39 is 0 Å². The number of hydrogen-bond donors (Lipinski definition) is 0. The molecular weight excluding hydrogens is 230 g/mol. The van der Waals surface area contributed by atoms with E-state index in [0.29, 0.717) is 5.70 Å². The number of likely N-dealkylation sites (tertiary alicyclic amines) is 1. The van der Waals surface area contributed by atoms with Crippen LogP contribution in [0, 0.1) is 0 Å². The predicted molar refractivity (Wildman–Crippen MR) is 68.6 cm³/mol. The lowest BCUT2D eigenvalue weighted by Gasteiger charge is -2.24. The molecule has 98 valence electrons. The van der Waals surface area contributed by atoms with Crippen molar-refractivity contribution in [1.29, 1.82) is 0 Å². The van der Waals surface area contributed by atoms with Gasteiger partial charge in [0, 0.05) is 27.2 Å². The van der Waals surface area contributed by atoms with E-state index in [1.807, 2.05) is 12.3 Å². The van der Waals surface area contributed by atoms with Crippen molar-refractivity contribution >= 4 is 11.9 Å². The fourth-order valence-electron chi connectivity index (χ4n) is 2.24. The normalized spacial score (nSPS) is 23.9. The van der Waals surface area contributed by atoms with Gasteiger partial charge in [0.05, 0.1) is 0 Å². The lowest BCUT2D eigenvalue weighted by molar-refractivity contribution is -0.122. The third kappa shape index (κ3) is 2.39. The molecule has 0 aliphatic carbocycles. The van der Waals surface area contributed by atoms with Crippen LogP contribution in [0.15, 0.2) is 24.0 Å². The average molecular weight is 249 g/mol. The first-order valence-electron chi connectivity index (χ1n) is 6.29. The molecule has 2 heterocycles. The summed E-state index contributed by atoms with van der Waals surface area (Å²) in [7, 11) is 3.11. The monoisotopic (exact) mass is 249 g/mol. The Bertz CT molecular complexity index is 408. The van der Waals surface area contributed by atoms with E-state index in [4.69, 9.17) is 0 Å². The zero-order valence-electron chi connectivity index (χ0n) is 10.9. The van der Waals surface area contributed by atoms with Gasteiger partial charge in [-0.3, -0.25) is 14.6 Å². The first-order valence-corrected chi connectivity index (χ1v) is 6.29. The van der Waals surface area contributed by atoms with Gasteiger partial charge in [0.2, 0.25) is 0 Å². The van der Waals surface area contributed by atoms with Crippen LogP contribution < -0.4 is 0 Å². The van der Waals surface area contributed by atoms with E-state index in [1.54, 1.807) is 13.1 Å². The molecule has 0 saturated carbocycles. The molecule has 2 fully saturated rings. The minimum atomic E-state index is -0.280. The number of likely N-dealkylation sites (N-methyl/N-ethyl adjacent to an activating group) is 2. The maximum atomic E-state index is 11.8. The summed E-state index contributed by atoms with van der Waals surface area (Å²) in [5, 5.41) is 0. The van der Waals surface area contributed by atoms with Gasteiger partial charge in [-0.15, -0.1) is 0 Å². The van der Waals surface area contributed by atoms with Crippen LogP contribution in [-0.4, -0.2) is 53.8 Å². The zero-order valence-corrected chi connectivity index (χ0v) is 10.9. The number of amides is 3. The molecule has 0 N–H and O–H groups in total. The second kappa shape index (κ2) is 5.25. The summed E-state index contributed by atoms with van der Waals surface area (Å²) in [6.45, 7) is 2.14. The van der Waals surface area contributed by atoms with Crippen molar-refractivity contribution in [3.8, 4) is 0 Å². The predicted octanol–water partition coefficient (Wildman–Crippen LogP) is 1.39. The van der Waals surface area contributed by atoms with Gasteiger partial charge in [0.1, 0.15) is 5.70 Å². The third-order valence-corrected chi connectivity index (χ3v) is 3.40. The van der Waals surface area contributed by atoms with Gasteiger partial charge in [0.25, 0.3) is 5.91 Å². The Morgan fingerprint density at radius 3 is 2.22 bits per heavy atom. The molecule has 18 heavy (non-hydrogen) atoms. The van der Waals surface area contributed by atoms with Crippen LogP contribution in [-0.2, 0) is 4.79 Å². The molecule has 5 heteroatoms. The lowest BCUT2D eigenvalue weighted by Crippen LogP contribution is -2.27. The minimum absolute atomic E-state index is 0.245. The van der Waals surface area contributed by atoms with Gasteiger partial charge in [-0.2, -0.15) is 0 Å². The lowest BCUT2D eigenvalue weighted by atomic mass is 10.1. The van der Waals surface area contributed by atoms with Crippen molar-refractivity contribution in [2.75, 3.05) is 27.2 Å². The highest BCUT2D eigenvalue weighted by Crippen LogP contribution is 2.17. The van der Waals surface area contributed by atoms with Crippen LogP contribution in [0.4, 0.5) is 4.79 Å². The van der Waals surface area contributed by atoms with E-state index in [2.05, 4.69) is 4.90 Å². The molecule has 0 bridgehead atoms. The van der Waals surface area contributed by atoms with Crippen molar-refractivity contribution in [1.82, 2.24) is 14.7 Å². The van der Waals surface area contributed by atoms with Crippen molar-refractivity contribution < 1.29 is 9.59 Å². The number of allylic oxidation sites excluding steroid dienone is 2. The molecule has 0 radical (unpaired) electrons. The van der Waals surface area contributed by atoms with Gasteiger partial charge in [-0.05, 0) is 37.6 Å². The largest absolute Gasteiger partial charge is 0.377 e. The quantitative estimate of drug-likeness (QED) is 0.549. The van der Waals surface area contributed by atoms with Gasteiger partial charge in [-0.1, -0.05) is 0 Å². The maximum Gasteiger partial charge on any atom is 0.331 e. The average Bonchev–Trinajstić information content (AvgIpc) is 2.57. The third-order valence-electron chi connectivity index (χ3n) is 3.40. The van der Waals surface area contributed by atoms with Crippen molar-refractivity contribution in [2.24, 2.45) is 0 Å². The molecule has 0 atom stereocenters. The standard InChI is InChI=1S/C13H19N3O2/c1-14-11(12(17)15(2)13(14)18)7-6-10-16-8-4-3-5-9-16/h6-7,10H,3-5,8-9H2,1-2H3/b10-6+,11-7+. The van der Waals surface area contributed by atoms with Crippen LogP contribution in [0.3, 0.4) is 0 Å². The summed E-state index contributed by atoms with van der Waals surface area (Å²) in [5.74, 6) is -0.245. The highest BCUT2D eigenvalue weighted by Gasteiger charge is 2.35. The van der Waals surface area contributed by atoms with E-state index in [1.165, 1.54) is 31.2 Å². The summed E-state index contributed by atoms with van der Waals surface area (Å²) in [4.78, 5) is 28.0. The molecule has 0 aromatic carbocycles. The van der Waals surface area contributed by atoms with Gasteiger partial charge < -0.3 is 4.90 Å².